The molecule has 2 aromatic rings. The number of hydrogen-bond acceptors (Lipinski definition) is 8. The third-order valence-corrected chi connectivity index (χ3v) is 10.6. The molecule has 9 rings (SSSR count). The average Bonchev–Trinajstić information content (AvgIpc) is 3.82. The lowest BCUT2D eigenvalue weighted by Gasteiger charge is -2.33. The number of para-hydroxylation sites is 2. The highest BCUT2D eigenvalue weighted by Crippen LogP contribution is 2.67. The second-order valence-electron chi connectivity index (χ2n) is 13.4. The summed E-state index contributed by atoms with van der Waals surface area (Å²) in [7, 11) is 0. The molecule has 42 heavy (non-hydrogen) atoms. The van der Waals surface area contributed by atoms with Gasteiger partial charge in [0.25, 0.3) is 0 Å². The summed E-state index contributed by atoms with van der Waals surface area (Å²) in [6.45, 7) is 5.47. The molecule has 3 saturated carbocycles. The summed E-state index contributed by atoms with van der Waals surface area (Å²) >= 11 is 0. The van der Waals surface area contributed by atoms with Crippen LogP contribution >= 0.6 is 0 Å². The number of epoxide rings is 4. The molecule has 4 heterocycles. The number of hydrogen-bond donors (Lipinski definition) is 0. The Balaban J connectivity index is 0.956. The fourth-order valence-corrected chi connectivity index (χ4v) is 8.27. The highest BCUT2D eigenvalue weighted by atomic mass is 16.6. The van der Waals surface area contributed by atoms with Crippen molar-refractivity contribution in [3.63, 3.8) is 0 Å². The molecule has 224 valence electrons. The van der Waals surface area contributed by atoms with E-state index in [-0.39, 0.29) is 24.4 Å². The van der Waals surface area contributed by atoms with Crippen LogP contribution in [0.15, 0.2) is 36.4 Å². The van der Waals surface area contributed by atoms with Gasteiger partial charge in [-0.1, -0.05) is 24.3 Å². The minimum absolute atomic E-state index is 0.205. The molecule has 8 heteroatoms. The largest absolute Gasteiger partial charge is 0.487 e. The zero-order valence-corrected chi connectivity index (χ0v) is 24.0. The maximum atomic E-state index is 6.45. The highest BCUT2D eigenvalue weighted by Gasteiger charge is 2.57. The van der Waals surface area contributed by atoms with Crippen molar-refractivity contribution >= 4 is 0 Å². The van der Waals surface area contributed by atoms with Crippen molar-refractivity contribution in [2.24, 2.45) is 23.7 Å². The lowest BCUT2D eigenvalue weighted by atomic mass is 9.73. The van der Waals surface area contributed by atoms with Gasteiger partial charge in [-0.3, -0.25) is 0 Å². The molecule has 2 aromatic carbocycles. The molecule has 3 aliphatic carbocycles. The van der Waals surface area contributed by atoms with E-state index in [4.69, 9.17) is 37.9 Å². The molecule has 0 amide bonds. The Labute approximate surface area is 246 Å². The first-order chi connectivity index (χ1) is 20.8. The van der Waals surface area contributed by atoms with Crippen molar-refractivity contribution in [3.05, 3.63) is 47.5 Å². The van der Waals surface area contributed by atoms with Gasteiger partial charge in [-0.25, -0.2) is 0 Å². The summed E-state index contributed by atoms with van der Waals surface area (Å²) in [6.07, 6.45) is 5.83. The van der Waals surface area contributed by atoms with E-state index in [1.807, 2.05) is 6.07 Å². The predicted molar refractivity (Wildman–Crippen MR) is 152 cm³/mol. The van der Waals surface area contributed by atoms with Gasteiger partial charge in [0.2, 0.25) is 0 Å². The topological polar surface area (TPSA) is 87.0 Å². The van der Waals surface area contributed by atoms with Crippen molar-refractivity contribution in [1.82, 2.24) is 0 Å². The number of ether oxygens (including phenoxy) is 8. The van der Waals surface area contributed by atoms with Gasteiger partial charge in [0.15, 0.2) is 23.0 Å². The molecule has 2 bridgehead atoms. The summed E-state index contributed by atoms with van der Waals surface area (Å²) in [6, 6.07) is 12.9. The Morgan fingerprint density at radius 2 is 1.02 bits per heavy atom. The van der Waals surface area contributed by atoms with Crippen LogP contribution in [0.4, 0.5) is 0 Å². The fraction of sp³-hybridized carbons (Fsp3) is 0.647. The molecule has 10 atom stereocenters. The third-order valence-electron chi connectivity index (χ3n) is 10.6. The van der Waals surface area contributed by atoms with E-state index in [1.54, 1.807) is 0 Å². The maximum Gasteiger partial charge on any atom is 0.164 e. The molecule has 7 fully saturated rings. The van der Waals surface area contributed by atoms with Crippen LogP contribution in [0.1, 0.15) is 48.6 Å². The molecule has 4 saturated heterocycles. The van der Waals surface area contributed by atoms with Gasteiger partial charge in [-0.05, 0) is 73.3 Å². The Bertz CT molecular complexity index is 1300. The van der Waals surface area contributed by atoms with Crippen LogP contribution in [0.5, 0.6) is 23.0 Å². The van der Waals surface area contributed by atoms with Crippen LogP contribution < -0.4 is 18.9 Å². The lowest BCUT2D eigenvalue weighted by Crippen LogP contribution is -2.24. The lowest BCUT2D eigenvalue weighted by molar-refractivity contribution is 0.211. The van der Waals surface area contributed by atoms with E-state index < -0.39 is 0 Å². The summed E-state index contributed by atoms with van der Waals surface area (Å²) in [5.74, 6) is 7.45. The van der Waals surface area contributed by atoms with Gasteiger partial charge >= 0.3 is 0 Å². The highest BCUT2D eigenvalue weighted by molar-refractivity contribution is 5.51. The SMILES string of the molecule is c1cc(OCC2CO2)c(OCC2CO2)c(C2CC3C4CC(c5cccc(OCC6CO6)c5OCC5CO5)C(C4)C3C2)c1. The zero-order chi connectivity index (χ0) is 27.6. The third kappa shape index (κ3) is 5.25. The van der Waals surface area contributed by atoms with Crippen molar-refractivity contribution in [2.75, 3.05) is 52.9 Å². The van der Waals surface area contributed by atoms with Gasteiger partial charge in [0.1, 0.15) is 50.8 Å². The predicted octanol–water partition coefficient (Wildman–Crippen LogP) is 4.73. The fourth-order valence-electron chi connectivity index (χ4n) is 8.27. The van der Waals surface area contributed by atoms with Gasteiger partial charge in [-0.15, -0.1) is 0 Å². The average molecular weight is 577 g/mol. The first-order valence-corrected chi connectivity index (χ1v) is 16.0. The van der Waals surface area contributed by atoms with Crippen molar-refractivity contribution in [3.8, 4) is 23.0 Å². The van der Waals surface area contributed by atoms with Crippen LogP contribution in [-0.4, -0.2) is 77.3 Å². The van der Waals surface area contributed by atoms with Crippen LogP contribution in [-0.2, 0) is 18.9 Å². The molecule has 0 radical (unpaired) electrons. The Kier molecular flexibility index (Phi) is 6.53. The Morgan fingerprint density at radius 3 is 1.60 bits per heavy atom. The Morgan fingerprint density at radius 1 is 0.524 bits per heavy atom. The molecule has 7 aliphatic rings. The van der Waals surface area contributed by atoms with E-state index in [2.05, 4.69) is 30.3 Å². The van der Waals surface area contributed by atoms with Gasteiger partial charge in [-0.2, -0.15) is 0 Å². The number of benzene rings is 2. The van der Waals surface area contributed by atoms with Crippen LogP contribution in [0.3, 0.4) is 0 Å². The smallest absolute Gasteiger partial charge is 0.164 e. The van der Waals surface area contributed by atoms with Crippen molar-refractivity contribution in [1.29, 1.82) is 0 Å². The minimum Gasteiger partial charge on any atom is -0.487 e. The first-order valence-electron chi connectivity index (χ1n) is 16.0. The number of rotatable bonds is 14. The molecule has 4 aliphatic heterocycles. The maximum absolute atomic E-state index is 6.45. The van der Waals surface area contributed by atoms with E-state index >= 15 is 0 Å². The normalized spacial score (nSPS) is 38.2. The second-order valence-corrected chi connectivity index (χ2v) is 13.4. The Hall–Kier alpha value is -2.52. The zero-order valence-electron chi connectivity index (χ0n) is 24.0. The van der Waals surface area contributed by atoms with E-state index in [9.17, 15) is 0 Å². The molecule has 8 nitrogen and oxygen atoms in total. The van der Waals surface area contributed by atoms with E-state index in [0.717, 1.165) is 61.3 Å². The molecule has 10 unspecified atom stereocenters. The minimum atomic E-state index is 0.205. The van der Waals surface area contributed by atoms with Gasteiger partial charge in [0.05, 0.1) is 26.4 Å². The molecular weight excluding hydrogens is 536 g/mol. The van der Waals surface area contributed by atoms with Crippen LogP contribution in [0, 0.1) is 23.7 Å². The molecule has 0 aromatic heterocycles. The summed E-state index contributed by atoms with van der Waals surface area (Å²) in [4.78, 5) is 0. The number of fused-ring (bicyclic) bond motifs is 5. The monoisotopic (exact) mass is 576 g/mol. The molecule has 0 spiro atoms. The van der Waals surface area contributed by atoms with Gasteiger partial charge < -0.3 is 37.9 Å². The molecular formula is C34H40O8. The van der Waals surface area contributed by atoms with Gasteiger partial charge in [0, 0.05) is 11.1 Å². The summed E-state index contributed by atoms with van der Waals surface area (Å²) in [5.41, 5.74) is 2.63. The van der Waals surface area contributed by atoms with Crippen LogP contribution in [0.2, 0.25) is 0 Å². The van der Waals surface area contributed by atoms with Crippen LogP contribution in [0.25, 0.3) is 0 Å². The summed E-state index contributed by atoms with van der Waals surface area (Å²) in [5, 5.41) is 0. The molecule has 0 N–H and O–H groups in total. The van der Waals surface area contributed by atoms with E-state index in [0.29, 0.717) is 50.1 Å². The quantitative estimate of drug-likeness (QED) is 0.299. The standard InChI is InChI=1S/C34H40O8/c1-3-25(33(41-17-23-13-37-23)31(5-1)39-15-21-11-35-21)19-7-27-20-9-28(30(10-20)29(27)8-19)26-4-2-6-32(40-16-22-12-36-22)34(26)42-18-24-14-38-24/h1-6,19-24,27-30H,7-18H2. The first kappa shape index (κ1) is 25.9. The van der Waals surface area contributed by atoms with Crippen molar-refractivity contribution < 1.29 is 37.9 Å². The second kappa shape index (κ2) is 10.6. The van der Waals surface area contributed by atoms with E-state index in [1.165, 1.54) is 36.8 Å². The van der Waals surface area contributed by atoms with Crippen molar-refractivity contribution in [2.45, 2.75) is 61.9 Å². The summed E-state index contributed by atoms with van der Waals surface area (Å²) < 4.78 is 47.0.